The van der Waals surface area contributed by atoms with Crippen molar-refractivity contribution in [1.29, 1.82) is 0 Å². The first-order valence-electron chi connectivity index (χ1n) is 6.82. The topological polar surface area (TPSA) is 126 Å². The molecule has 21 heavy (non-hydrogen) atoms. The summed E-state index contributed by atoms with van der Waals surface area (Å²) in [6.07, 6.45) is 0. The zero-order valence-electron chi connectivity index (χ0n) is 12.2. The fraction of sp³-hybridized carbons (Fsp3) is 0.750. The molecule has 0 saturated heterocycles. The van der Waals surface area contributed by atoms with Gasteiger partial charge in [0.05, 0.1) is 26.4 Å². The number of hydrogen-bond donors (Lipinski definition) is 4. The zero-order chi connectivity index (χ0) is 15.7. The van der Waals surface area contributed by atoms with Gasteiger partial charge in [0, 0.05) is 26.2 Å². The van der Waals surface area contributed by atoms with Gasteiger partial charge in [-0.1, -0.05) is 0 Å². The number of rotatable bonds is 10. The lowest BCUT2D eigenvalue weighted by molar-refractivity contribution is 0.279. The highest BCUT2D eigenvalue weighted by molar-refractivity contribution is 5.39. The van der Waals surface area contributed by atoms with Crippen LogP contribution in [0, 0.1) is 6.92 Å². The molecule has 0 atom stereocenters. The Bertz CT molecular complexity index is 374. The minimum Gasteiger partial charge on any atom is -0.395 e. The first kappa shape index (κ1) is 17.5. The van der Waals surface area contributed by atoms with E-state index in [-0.39, 0.29) is 26.4 Å². The Kier molecular flexibility index (Phi) is 7.83. The van der Waals surface area contributed by atoms with Crippen molar-refractivity contribution in [2.24, 2.45) is 0 Å². The third-order valence-corrected chi connectivity index (χ3v) is 2.77. The number of aliphatic hydroxyl groups excluding tert-OH is 4. The van der Waals surface area contributed by atoms with Crippen LogP contribution in [0.1, 0.15) is 5.82 Å². The van der Waals surface area contributed by atoms with Crippen molar-refractivity contribution >= 4 is 11.9 Å². The third kappa shape index (κ3) is 5.38. The van der Waals surface area contributed by atoms with Crippen molar-refractivity contribution < 1.29 is 20.4 Å². The van der Waals surface area contributed by atoms with E-state index in [1.165, 1.54) is 0 Å². The van der Waals surface area contributed by atoms with Crippen molar-refractivity contribution in [2.75, 3.05) is 62.4 Å². The summed E-state index contributed by atoms with van der Waals surface area (Å²) in [6.45, 7) is 2.54. The van der Waals surface area contributed by atoms with Crippen LogP contribution in [-0.2, 0) is 0 Å². The maximum absolute atomic E-state index is 9.07. The Morgan fingerprint density at radius 1 is 0.667 bits per heavy atom. The first-order valence-corrected chi connectivity index (χ1v) is 6.82. The Balaban J connectivity index is 3.05. The van der Waals surface area contributed by atoms with Crippen LogP contribution in [-0.4, -0.2) is 88.0 Å². The highest BCUT2D eigenvalue weighted by Crippen LogP contribution is 2.13. The van der Waals surface area contributed by atoms with E-state index < -0.39 is 0 Å². The summed E-state index contributed by atoms with van der Waals surface area (Å²) in [5, 5.41) is 36.3. The second kappa shape index (κ2) is 9.40. The predicted molar refractivity (Wildman–Crippen MR) is 77.3 cm³/mol. The average molecular weight is 301 g/mol. The monoisotopic (exact) mass is 301 g/mol. The summed E-state index contributed by atoms with van der Waals surface area (Å²) in [5.74, 6) is 1.18. The summed E-state index contributed by atoms with van der Waals surface area (Å²) in [5.41, 5.74) is 0. The van der Waals surface area contributed by atoms with Gasteiger partial charge in [-0.2, -0.15) is 15.0 Å². The number of anilines is 2. The van der Waals surface area contributed by atoms with Crippen molar-refractivity contribution in [3.8, 4) is 0 Å². The van der Waals surface area contributed by atoms with Gasteiger partial charge in [0.25, 0.3) is 0 Å². The Labute approximate surface area is 123 Å². The molecule has 1 rings (SSSR count). The molecule has 120 valence electrons. The first-order chi connectivity index (χ1) is 10.2. The number of hydrogen-bond acceptors (Lipinski definition) is 9. The van der Waals surface area contributed by atoms with E-state index in [2.05, 4.69) is 15.0 Å². The average Bonchev–Trinajstić information content (AvgIpc) is 2.46. The predicted octanol–water partition coefficient (Wildman–Crippen LogP) is -2.24. The molecule has 0 spiro atoms. The minimum atomic E-state index is -0.0863. The molecule has 4 N–H and O–H groups in total. The van der Waals surface area contributed by atoms with E-state index >= 15 is 0 Å². The van der Waals surface area contributed by atoms with Crippen LogP contribution in [0.4, 0.5) is 11.9 Å². The van der Waals surface area contributed by atoms with Crippen molar-refractivity contribution in [3.63, 3.8) is 0 Å². The summed E-state index contributed by atoms with van der Waals surface area (Å²) >= 11 is 0. The molecule has 0 bridgehead atoms. The second-order valence-electron chi connectivity index (χ2n) is 4.35. The van der Waals surface area contributed by atoms with E-state index in [1.807, 2.05) is 0 Å². The van der Waals surface area contributed by atoms with Gasteiger partial charge in [0.2, 0.25) is 11.9 Å². The van der Waals surface area contributed by atoms with Crippen LogP contribution >= 0.6 is 0 Å². The number of aromatic nitrogens is 3. The lowest BCUT2D eigenvalue weighted by Crippen LogP contribution is -2.34. The molecule has 0 aromatic carbocycles. The summed E-state index contributed by atoms with van der Waals surface area (Å²) in [6, 6.07) is 0. The number of aryl methyl sites for hydroxylation is 1. The Hall–Kier alpha value is -1.55. The maximum atomic E-state index is 9.07. The lowest BCUT2D eigenvalue weighted by atomic mass is 10.5. The quantitative estimate of drug-likeness (QED) is 0.379. The lowest BCUT2D eigenvalue weighted by Gasteiger charge is -2.24. The maximum Gasteiger partial charge on any atom is 0.230 e. The van der Waals surface area contributed by atoms with E-state index in [0.717, 1.165) is 0 Å². The van der Waals surface area contributed by atoms with Crippen LogP contribution in [0.15, 0.2) is 0 Å². The second-order valence-corrected chi connectivity index (χ2v) is 4.35. The highest BCUT2D eigenvalue weighted by atomic mass is 16.3. The molecule has 0 aliphatic carbocycles. The smallest absolute Gasteiger partial charge is 0.230 e. The number of nitrogens with zero attached hydrogens (tertiary/aromatic N) is 5. The van der Waals surface area contributed by atoms with E-state index in [0.29, 0.717) is 43.9 Å². The van der Waals surface area contributed by atoms with Gasteiger partial charge in [-0.05, 0) is 6.92 Å². The molecule has 1 aromatic heterocycles. The van der Waals surface area contributed by atoms with Gasteiger partial charge in [0.15, 0.2) is 0 Å². The molecule has 9 heteroatoms. The molecule has 0 unspecified atom stereocenters. The van der Waals surface area contributed by atoms with Crippen molar-refractivity contribution in [3.05, 3.63) is 5.82 Å². The van der Waals surface area contributed by atoms with E-state index in [1.54, 1.807) is 16.7 Å². The molecule has 0 saturated carbocycles. The normalized spacial score (nSPS) is 10.7. The van der Waals surface area contributed by atoms with Crippen LogP contribution in [0.2, 0.25) is 0 Å². The minimum absolute atomic E-state index is 0.0863. The molecule has 0 aliphatic rings. The summed E-state index contributed by atoms with van der Waals surface area (Å²) in [4.78, 5) is 16.0. The van der Waals surface area contributed by atoms with Crippen LogP contribution in [0.5, 0.6) is 0 Å². The largest absolute Gasteiger partial charge is 0.395 e. The van der Waals surface area contributed by atoms with Gasteiger partial charge in [-0.15, -0.1) is 0 Å². The standard InChI is InChI=1S/C12H23N5O4/c1-10-13-11(16(2-6-18)3-7-19)15-12(14-10)17(4-8-20)5-9-21/h18-21H,2-9H2,1H3. The Morgan fingerprint density at radius 2 is 1.00 bits per heavy atom. The molecule has 0 radical (unpaired) electrons. The summed E-state index contributed by atoms with van der Waals surface area (Å²) < 4.78 is 0. The number of aliphatic hydroxyl groups is 4. The molecule has 0 fully saturated rings. The molecule has 9 nitrogen and oxygen atoms in total. The highest BCUT2D eigenvalue weighted by Gasteiger charge is 2.15. The van der Waals surface area contributed by atoms with Gasteiger partial charge in [-0.25, -0.2) is 0 Å². The van der Waals surface area contributed by atoms with Crippen LogP contribution in [0.25, 0.3) is 0 Å². The fourth-order valence-corrected chi connectivity index (χ4v) is 1.84. The molecule has 0 amide bonds. The van der Waals surface area contributed by atoms with Crippen molar-refractivity contribution in [1.82, 2.24) is 15.0 Å². The molecule has 1 aromatic rings. The van der Waals surface area contributed by atoms with Gasteiger partial charge < -0.3 is 30.2 Å². The zero-order valence-corrected chi connectivity index (χ0v) is 12.2. The molecule has 1 heterocycles. The van der Waals surface area contributed by atoms with Gasteiger partial charge >= 0.3 is 0 Å². The third-order valence-electron chi connectivity index (χ3n) is 2.77. The summed E-state index contributed by atoms with van der Waals surface area (Å²) in [7, 11) is 0. The van der Waals surface area contributed by atoms with E-state index in [9.17, 15) is 0 Å². The van der Waals surface area contributed by atoms with Crippen LogP contribution in [0.3, 0.4) is 0 Å². The Morgan fingerprint density at radius 3 is 1.29 bits per heavy atom. The van der Waals surface area contributed by atoms with Crippen LogP contribution < -0.4 is 9.80 Å². The SMILES string of the molecule is Cc1nc(N(CCO)CCO)nc(N(CCO)CCO)n1. The molecule has 0 aliphatic heterocycles. The molecular weight excluding hydrogens is 278 g/mol. The fourth-order valence-electron chi connectivity index (χ4n) is 1.84. The molecular formula is C12H23N5O4. The van der Waals surface area contributed by atoms with Crippen molar-refractivity contribution in [2.45, 2.75) is 6.92 Å². The van der Waals surface area contributed by atoms with E-state index in [4.69, 9.17) is 20.4 Å². The van der Waals surface area contributed by atoms with Gasteiger partial charge in [0.1, 0.15) is 5.82 Å². The van der Waals surface area contributed by atoms with Gasteiger partial charge in [-0.3, -0.25) is 0 Å².